The van der Waals surface area contributed by atoms with Crippen LogP contribution in [-0.4, -0.2) is 19.5 Å². The highest BCUT2D eigenvalue weighted by Gasteiger charge is 2.35. The molecule has 0 fully saturated rings. The molecule has 8 nitrogen and oxygen atoms in total. The third-order valence-corrected chi connectivity index (χ3v) is 5.46. The van der Waals surface area contributed by atoms with Crippen LogP contribution in [-0.2, 0) is 16.2 Å². The fourth-order valence-corrected chi connectivity index (χ4v) is 3.72. The molecule has 0 radical (unpaired) electrons. The van der Waals surface area contributed by atoms with E-state index in [1.165, 1.54) is 19.1 Å². The number of anilines is 2. The Morgan fingerprint density at radius 3 is 2.55 bits per heavy atom. The first-order valence-electron chi connectivity index (χ1n) is 8.48. The zero-order valence-electron chi connectivity index (χ0n) is 15.7. The second kappa shape index (κ2) is 8.11. The molecule has 0 spiro atoms. The molecule has 2 N–H and O–H groups in total. The molecular formula is C19H13F3N4O4S. The molecule has 3 rings (SSSR count). The summed E-state index contributed by atoms with van der Waals surface area (Å²) < 4.78 is 72.4. The van der Waals surface area contributed by atoms with Crippen molar-refractivity contribution in [2.24, 2.45) is 0 Å². The van der Waals surface area contributed by atoms with Crippen molar-refractivity contribution < 1.29 is 30.9 Å². The lowest BCUT2D eigenvalue weighted by Gasteiger charge is -2.16. The summed E-state index contributed by atoms with van der Waals surface area (Å²) in [6.07, 6.45) is -3.81. The molecule has 1 amide bonds. The van der Waals surface area contributed by atoms with Gasteiger partial charge in [0.15, 0.2) is 0 Å². The van der Waals surface area contributed by atoms with Gasteiger partial charge in [-0.2, -0.15) is 18.4 Å². The lowest BCUT2D eigenvalue weighted by atomic mass is 10.1. The number of alkyl halides is 3. The van der Waals surface area contributed by atoms with Crippen LogP contribution in [0.25, 0.3) is 0 Å². The Bertz CT molecular complexity index is 1290. The van der Waals surface area contributed by atoms with Crippen LogP contribution in [0.2, 0.25) is 0 Å². The van der Waals surface area contributed by atoms with Gasteiger partial charge in [-0.05, 0) is 43.3 Å². The van der Waals surface area contributed by atoms with Gasteiger partial charge in [0.2, 0.25) is 0 Å². The van der Waals surface area contributed by atoms with Gasteiger partial charge in [-0.1, -0.05) is 11.2 Å². The maximum atomic E-state index is 13.6. The van der Waals surface area contributed by atoms with E-state index >= 15 is 0 Å². The van der Waals surface area contributed by atoms with Crippen molar-refractivity contribution in [1.29, 1.82) is 5.26 Å². The number of carbonyl (C=O) groups excluding carboxylic acids is 1. The number of aromatic nitrogens is 1. The number of sulfonamides is 1. The van der Waals surface area contributed by atoms with E-state index in [9.17, 15) is 26.4 Å². The standard InChI is InChI=1S/C19H13F3N4O4S/c1-11-15(10-24-30-11)18(27)25-13-5-6-17(16(8-13)19(20,21)22)26-31(28,29)14-4-2-3-12(7-14)9-23/h2-8,10,26H,1H3,(H,25,27). The summed E-state index contributed by atoms with van der Waals surface area (Å²) in [7, 11) is -4.41. The fraction of sp³-hybridized carbons (Fsp3) is 0.105. The average Bonchev–Trinajstić information content (AvgIpc) is 3.14. The van der Waals surface area contributed by atoms with Gasteiger partial charge in [-0.15, -0.1) is 0 Å². The van der Waals surface area contributed by atoms with Crippen LogP contribution < -0.4 is 10.0 Å². The topological polar surface area (TPSA) is 125 Å². The number of aryl methyl sites for hydroxylation is 1. The molecule has 3 aromatic rings. The number of halogens is 3. The molecule has 2 aromatic carbocycles. The first kappa shape index (κ1) is 21.8. The van der Waals surface area contributed by atoms with E-state index in [4.69, 9.17) is 9.78 Å². The second-order valence-electron chi connectivity index (χ2n) is 6.25. The first-order valence-corrected chi connectivity index (χ1v) is 9.96. The number of benzene rings is 2. The predicted octanol–water partition coefficient (Wildman–Crippen LogP) is 3.93. The average molecular weight is 450 g/mol. The van der Waals surface area contributed by atoms with Gasteiger partial charge in [-0.3, -0.25) is 9.52 Å². The maximum Gasteiger partial charge on any atom is 0.418 e. The minimum absolute atomic E-state index is 0.0287. The molecule has 0 bridgehead atoms. The smallest absolute Gasteiger partial charge is 0.361 e. The predicted molar refractivity (Wildman–Crippen MR) is 103 cm³/mol. The molecule has 1 aromatic heterocycles. The van der Waals surface area contributed by atoms with E-state index in [-0.39, 0.29) is 27.5 Å². The van der Waals surface area contributed by atoms with Gasteiger partial charge in [0, 0.05) is 5.69 Å². The number of nitriles is 1. The SMILES string of the molecule is Cc1oncc1C(=O)Nc1ccc(NS(=O)(=O)c2cccc(C#N)c2)c(C(F)(F)F)c1. The number of rotatable bonds is 5. The van der Waals surface area contributed by atoms with Gasteiger partial charge in [0.1, 0.15) is 11.3 Å². The molecule has 1 heterocycles. The summed E-state index contributed by atoms with van der Waals surface area (Å²) in [6.45, 7) is 1.46. The summed E-state index contributed by atoms with van der Waals surface area (Å²) >= 11 is 0. The largest absolute Gasteiger partial charge is 0.418 e. The summed E-state index contributed by atoms with van der Waals surface area (Å²) in [4.78, 5) is 11.8. The zero-order chi connectivity index (χ0) is 22.8. The van der Waals surface area contributed by atoms with E-state index < -0.39 is 33.4 Å². The molecule has 0 saturated carbocycles. The third-order valence-electron chi connectivity index (χ3n) is 4.10. The molecule has 0 unspecified atom stereocenters. The number of hydrogen-bond acceptors (Lipinski definition) is 6. The highest BCUT2D eigenvalue weighted by molar-refractivity contribution is 7.92. The maximum absolute atomic E-state index is 13.6. The van der Waals surface area contributed by atoms with Crippen LogP contribution in [0.3, 0.4) is 0 Å². The number of carbonyl (C=O) groups is 1. The van der Waals surface area contributed by atoms with Crippen LogP contribution in [0.5, 0.6) is 0 Å². The number of hydrogen-bond donors (Lipinski definition) is 2. The minimum Gasteiger partial charge on any atom is -0.361 e. The highest BCUT2D eigenvalue weighted by atomic mass is 32.2. The Morgan fingerprint density at radius 1 is 1.19 bits per heavy atom. The summed E-state index contributed by atoms with van der Waals surface area (Å²) in [5, 5.41) is 14.6. The zero-order valence-corrected chi connectivity index (χ0v) is 16.5. The minimum atomic E-state index is -4.93. The molecule has 12 heteroatoms. The molecule has 0 aliphatic rings. The summed E-state index contributed by atoms with van der Waals surface area (Å²) in [5.74, 6) is -0.564. The normalized spacial score (nSPS) is 11.6. The molecule has 31 heavy (non-hydrogen) atoms. The third kappa shape index (κ3) is 4.84. The van der Waals surface area contributed by atoms with E-state index in [0.717, 1.165) is 30.5 Å². The molecular weight excluding hydrogens is 437 g/mol. The van der Waals surface area contributed by atoms with Crippen molar-refractivity contribution >= 4 is 27.3 Å². The number of nitrogens with zero attached hydrogens (tertiary/aromatic N) is 2. The monoisotopic (exact) mass is 450 g/mol. The van der Waals surface area contributed by atoms with Gasteiger partial charge in [0.05, 0.1) is 34.0 Å². The van der Waals surface area contributed by atoms with Crippen molar-refractivity contribution in [1.82, 2.24) is 5.16 Å². The van der Waals surface area contributed by atoms with Crippen LogP contribution in [0.1, 0.15) is 27.2 Å². The van der Waals surface area contributed by atoms with Crippen LogP contribution in [0, 0.1) is 18.3 Å². The van der Waals surface area contributed by atoms with Gasteiger partial charge in [-0.25, -0.2) is 8.42 Å². The van der Waals surface area contributed by atoms with Crippen molar-refractivity contribution in [2.75, 3.05) is 10.0 Å². The van der Waals surface area contributed by atoms with Crippen molar-refractivity contribution in [3.63, 3.8) is 0 Å². The molecule has 0 saturated heterocycles. The van der Waals surface area contributed by atoms with Crippen LogP contribution >= 0.6 is 0 Å². The molecule has 0 aliphatic heterocycles. The van der Waals surface area contributed by atoms with Crippen LogP contribution in [0.4, 0.5) is 24.5 Å². The Hall–Kier alpha value is -3.85. The van der Waals surface area contributed by atoms with E-state index in [1.54, 1.807) is 6.07 Å². The summed E-state index contributed by atoms with van der Waals surface area (Å²) in [5.41, 5.74) is -2.20. The number of amides is 1. The molecule has 160 valence electrons. The fourth-order valence-electron chi connectivity index (χ4n) is 2.60. The van der Waals surface area contributed by atoms with E-state index in [1.807, 2.05) is 4.72 Å². The number of nitrogens with one attached hydrogen (secondary N) is 2. The highest BCUT2D eigenvalue weighted by Crippen LogP contribution is 2.37. The second-order valence-corrected chi connectivity index (χ2v) is 7.94. The Morgan fingerprint density at radius 2 is 1.94 bits per heavy atom. The van der Waals surface area contributed by atoms with Gasteiger partial charge in [0.25, 0.3) is 15.9 Å². The van der Waals surface area contributed by atoms with Crippen molar-refractivity contribution in [2.45, 2.75) is 18.0 Å². The van der Waals surface area contributed by atoms with Crippen molar-refractivity contribution in [3.8, 4) is 6.07 Å². The van der Waals surface area contributed by atoms with Crippen molar-refractivity contribution in [3.05, 3.63) is 71.1 Å². The van der Waals surface area contributed by atoms with E-state index in [2.05, 4.69) is 10.5 Å². The van der Waals surface area contributed by atoms with Gasteiger partial charge >= 0.3 is 6.18 Å². The molecule has 0 atom stereocenters. The Kier molecular flexibility index (Phi) is 5.72. The Balaban J connectivity index is 1.94. The van der Waals surface area contributed by atoms with Gasteiger partial charge < -0.3 is 9.84 Å². The summed E-state index contributed by atoms with van der Waals surface area (Å²) in [6, 6.07) is 9.18. The lowest BCUT2D eigenvalue weighted by Crippen LogP contribution is -2.18. The Labute approximate surface area is 174 Å². The van der Waals surface area contributed by atoms with Crippen LogP contribution in [0.15, 0.2) is 58.1 Å². The van der Waals surface area contributed by atoms with E-state index in [0.29, 0.717) is 6.07 Å². The quantitative estimate of drug-likeness (QED) is 0.607. The first-order chi connectivity index (χ1) is 14.5. The lowest BCUT2D eigenvalue weighted by molar-refractivity contribution is -0.136. The molecule has 0 aliphatic carbocycles.